The number of rotatable bonds is 66. The van der Waals surface area contributed by atoms with E-state index in [0.717, 1.165) is 70.6 Å². The quantitative estimate of drug-likeness (QED) is 0.0195. The van der Waals surface area contributed by atoms with Crippen molar-refractivity contribution in [2.75, 3.05) is 47.5 Å². The van der Waals surface area contributed by atoms with Crippen LogP contribution in [0.25, 0.3) is 0 Å². The number of likely N-dealkylation sites (N-methyl/N-ethyl adjacent to an activating group) is 1. The second kappa shape index (κ2) is 64.9. The molecule has 0 aromatic rings. The van der Waals surface area contributed by atoms with E-state index in [0.29, 0.717) is 17.4 Å². The van der Waals surface area contributed by atoms with Gasteiger partial charge < -0.3 is 27.9 Å². The highest BCUT2D eigenvalue weighted by Gasteiger charge is 2.22. The van der Waals surface area contributed by atoms with E-state index in [2.05, 4.69) is 86.8 Å². The van der Waals surface area contributed by atoms with Crippen LogP contribution in [0.2, 0.25) is 0 Å². The predicted molar refractivity (Wildman–Crippen MR) is 360 cm³/mol. The molecule has 490 valence electrons. The molecule has 0 N–H and O–H groups in total. The molecule has 0 aliphatic heterocycles. The molecular formula is C74H136NO8P. The molecule has 0 bridgehead atoms. The van der Waals surface area contributed by atoms with Gasteiger partial charge in [-0.05, 0) is 64.2 Å². The van der Waals surface area contributed by atoms with Crippen LogP contribution in [-0.4, -0.2) is 70.0 Å². The summed E-state index contributed by atoms with van der Waals surface area (Å²) in [5.41, 5.74) is 0. The first-order valence-corrected chi connectivity index (χ1v) is 37.1. The van der Waals surface area contributed by atoms with Gasteiger partial charge in [-0.3, -0.25) is 14.2 Å². The van der Waals surface area contributed by atoms with Crippen molar-refractivity contribution in [3.05, 3.63) is 72.9 Å². The highest BCUT2D eigenvalue weighted by Crippen LogP contribution is 2.38. The molecule has 0 aliphatic rings. The first-order valence-electron chi connectivity index (χ1n) is 35.6. The van der Waals surface area contributed by atoms with Gasteiger partial charge in [-0.15, -0.1) is 0 Å². The minimum absolute atomic E-state index is 0.0414. The minimum Gasteiger partial charge on any atom is -0.756 e. The van der Waals surface area contributed by atoms with Crippen LogP contribution in [-0.2, 0) is 32.7 Å². The van der Waals surface area contributed by atoms with Gasteiger partial charge in [0.1, 0.15) is 19.8 Å². The van der Waals surface area contributed by atoms with Crippen molar-refractivity contribution in [2.45, 2.75) is 341 Å². The highest BCUT2D eigenvalue weighted by atomic mass is 31.2. The molecule has 0 saturated carbocycles. The average Bonchev–Trinajstić information content (AvgIpc) is 3.61. The molecule has 0 radical (unpaired) electrons. The van der Waals surface area contributed by atoms with Gasteiger partial charge in [-0.25, -0.2) is 0 Å². The summed E-state index contributed by atoms with van der Waals surface area (Å²) in [5.74, 6) is -0.875. The Morgan fingerprint density at radius 3 is 1.01 bits per heavy atom. The SMILES string of the molecule is CC/C=C\C/C=C\C/C=C\C/C=C\C/C=C\C/C=C\CCCCC(=O)OC(COC(=O)CCCCCCCCCCCCCCCCCCCCCCCCCCCCCCCCCCCCCCCCC)COP(=O)([O-])OCC[N+](C)(C)C. The predicted octanol–water partition coefficient (Wildman–Crippen LogP) is 22.5. The van der Waals surface area contributed by atoms with Gasteiger partial charge in [-0.1, -0.05) is 331 Å². The van der Waals surface area contributed by atoms with Crippen molar-refractivity contribution in [1.82, 2.24) is 0 Å². The molecule has 84 heavy (non-hydrogen) atoms. The van der Waals surface area contributed by atoms with Gasteiger partial charge in [0, 0.05) is 12.8 Å². The van der Waals surface area contributed by atoms with Crippen LogP contribution in [0.4, 0.5) is 0 Å². The Morgan fingerprint density at radius 2 is 0.679 bits per heavy atom. The zero-order chi connectivity index (χ0) is 61.2. The van der Waals surface area contributed by atoms with E-state index in [9.17, 15) is 19.0 Å². The molecule has 0 fully saturated rings. The minimum atomic E-state index is -4.66. The number of hydrogen-bond donors (Lipinski definition) is 0. The molecular weight excluding hydrogens is 1060 g/mol. The normalized spacial score (nSPS) is 13.5. The maximum atomic E-state index is 12.8. The standard InChI is InChI=1S/C74H136NO8P/c1-6-8-10-12-14-16-18-20-22-24-26-28-29-30-31-32-33-34-35-36-37-38-39-40-41-42-43-44-45-47-48-50-52-54-56-58-60-62-64-66-73(76)80-70-72(71-82-84(78,79)81-69-68-75(3,4)5)83-74(77)67-65-63-61-59-57-55-53-51-49-46-27-25-23-21-19-17-15-13-11-9-7-2/h9,11,15,17,21,23,27,46,51,53,57,59,72H,6-8,10,12-14,16,18-20,22,24-26,28-45,47-50,52,54-56,58,60-71H2,1-5H3/b11-9-,17-15-,23-21-,46-27-,53-51-,59-57-. The van der Waals surface area contributed by atoms with E-state index in [4.69, 9.17) is 18.5 Å². The summed E-state index contributed by atoms with van der Waals surface area (Å²) in [5, 5.41) is 0. The van der Waals surface area contributed by atoms with Crippen LogP contribution in [0, 0.1) is 0 Å². The summed E-state index contributed by atoms with van der Waals surface area (Å²) in [7, 11) is 1.14. The fourth-order valence-corrected chi connectivity index (χ4v) is 11.0. The number of phosphoric ester groups is 1. The van der Waals surface area contributed by atoms with Crippen LogP contribution < -0.4 is 4.89 Å². The first-order chi connectivity index (χ1) is 41.0. The largest absolute Gasteiger partial charge is 0.756 e. The second-order valence-corrected chi connectivity index (χ2v) is 26.6. The number of esters is 2. The summed E-state index contributed by atoms with van der Waals surface area (Å²) in [6, 6.07) is 0. The van der Waals surface area contributed by atoms with E-state index in [-0.39, 0.29) is 26.1 Å². The van der Waals surface area contributed by atoms with Crippen molar-refractivity contribution >= 4 is 19.8 Å². The molecule has 0 saturated heterocycles. The second-order valence-electron chi connectivity index (χ2n) is 25.2. The van der Waals surface area contributed by atoms with E-state index in [1.54, 1.807) is 0 Å². The molecule has 10 heteroatoms. The smallest absolute Gasteiger partial charge is 0.306 e. The number of allylic oxidation sites excluding steroid dienone is 12. The number of phosphoric acid groups is 1. The van der Waals surface area contributed by atoms with Crippen LogP contribution in [0.3, 0.4) is 0 Å². The topological polar surface area (TPSA) is 111 Å². The van der Waals surface area contributed by atoms with Crippen LogP contribution in [0.1, 0.15) is 335 Å². The molecule has 0 rings (SSSR count). The van der Waals surface area contributed by atoms with Gasteiger partial charge in [0.05, 0.1) is 27.7 Å². The van der Waals surface area contributed by atoms with Gasteiger partial charge in [0.25, 0.3) is 7.82 Å². The maximum absolute atomic E-state index is 12.8. The Morgan fingerprint density at radius 1 is 0.381 bits per heavy atom. The third-order valence-corrected chi connectivity index (χ3v) is 16.7. The monoisotopic (exact) mass is 1200 g/mol. The van der Waals surface area contributed by atoms with Crippen LogP contribution >= 0.6 is 7.82 Å². The Labute approximate surface area is 520 Å². The summed E-state index contributed by atoms with van der Waals surface area (Å²) < 4.78 is 34.2. The zero-order valence-corrected chi connectivity index (χ0v) is 56.7. The summed E-state index contributed by atoms with van der Waals surface area (Å²) >= 11 is 0. The molecule has 0 spiro atoms. The zero-order valence-electron chi connectivity index (χ0n) is 55.8. The van der Waals surface area contributed by atoms with Gasteiger partial charge >= 0.3 is 11.9 Å². The van der Waals surface area contributed by atoms with Crippen molar-refractivity contribution in [3.8, 4) is 0 Å². The molecule has 0 aromatic heterocycles. The third-order valence-electron chi connectivity index (χ3n) is 15.7. The van der Waals surface area contributed by atoms with Gasteiger partial charge in [-0.2, -0.15) is 0 Å². The Hall–Kier alpha value is -2.55. The summed E-state index contributed by atoms with van der Waals surface area (Å²) in [4.78, 5) is 38.0. The summed E-state index contributed by atoms with van der Waals surface area (Å²) in [6.45, 7) is 4.11. The van der Waals surface area contributed by atoms with Crippen molar-refractivity contribution in [2.24, 2.45) is 0 Å². The van der Waals surface area contributed by atoms with Crippen LogP contribution in [0.15, 0.2) is 72.9 Å². The first kappa shape index (κ1) is 81.5. The highest BCUT2D eigenvalue weighted by molar-refractivity contribution is 7.45. The van der Waals surface area contributed by atoms with Gasteiger partial charge in [0.15, 0.2) is 6.10 Å². The van der Waals surface area contributed by atoms with E-state index < -0.39 is 32.5 Å². The van der Waals surface area contributed by atoms with Crippen LogP contribution in [0.5, 0.6) is 0 Å². The number of ether oxygens (including phenoxy) is 2. The van der Waals surface area contributed by atoms with E-state index in [1.165, 1.54) is 231 Å². The molecule has 2 unspecified atom stereocenters. The Kier molecular flexibility index (Phi) is 62.9. The number of nitrogens with zero attached hydrogens (tertiary/aromatic N) is 1. The number of carbonyl (C=O) groups is 2. The number of unbranched alkanes of at least 4 members (excludes halogenated alkanes) is 40. The molecule has 0 aromatic carbocycles. The van der Waals surface area contributed by atoms with E-state index in [1.807, 2.05) is 21.1 Å². The summed E-state index contributed by atoms with van der Waals surface area (Å²) in [6.07, 6.45) is 87.4. The van der Waals surface area contributed by atoms with Gasteiger partial charge in [0.2, 0.25) is 0 Å². The fraction of sp³-hybridized carbons (Fsp3) is 0.811. The lowest BCUT2D eigenvalue weighted by molar-refractivity contribution is -0.870. The Bertz CT molecular complexity index is 1650. The van der Waals surface area contributed by atoms with E-state index >= 15 is 0 Å². The molecule has 0 aliphatic carbocycles. The molecule has 9 nitrogen and oxygen atoms in total. The lowest BCUT2D eigenvalue weighted by Crippen LogP contribution is -2.37. The van der Waals surface area contributed by atoms with Crippen molar-refractivity contribution < 1.29 is 42.1 Å². The number of carbonyl (C=O) groups excluding carboxylic acids is 2. The molecule has 2 atom stereocenters. The molecule has 0 amide bonds. The third kappa shape index (κ3) is 68.6. The Balaban J connectivity index is 3.94. The lowest BCUT2D eigenvalue weighted by atomic mass is 10.0. The maximum Gasteiger partial charge on any atom is 0.306 e. The average molecular weight is 1200 g/mol. The fourth-order valence-electron chi connectivity index (χ4n) is 10.3. The number of quaternary nitrogens is 1. The van der Waals surface area contributed by atoms with Crippen molar-refractivity contribution in [1.29, 1.82) is 0 Å². The van der Waals surface area contributed by atoms with Crippen molar-refractivity contribution in [3.63, 3.8) is 0 Å². The number of hydrogen-bond acceptors (Lipinski definition) is 8. The lowest BCUT2D eigenvalue weighted by Gasteiger charge is -2.28. The molecule has 0 heterocycles.